The van der Waals surface area contributed by atoms with Crippen molar-refractivity contribution >= 4 is 11.9 Å². The number of aliphatic hydroxyl groups excluding tert-OH is 1. The van der Waals surface area contributed by atoms with Crippen LogP contribution in [0.2, 0.25) is 0 Å². The third-order valence-corrected chi connectivity index (χ3v) is 1.88. The van der Waals surface area contributed by atoms with E-state index < -0.39 is 18.0 Å². The minimum absolute atomic E-state index is 0.245. The van der Waals surface area contributed by atoms with E-state index in [1.54, 1.807) is 0 Å². The fraction of sp³-hybridized carbons (Fsp3) is 0.333. The monoisotopic (exact) mass is 271 g/mol. The van der Waals surface area contributed by atoms with Gasteiger partial charge in [0.15, 0.2) is 0 Å². The van der Waals surface area contributed by atoms with Crippen LogP contribution in [0.3, 0.4) is 0 Å². The Hall–Kier alpha value is -1.96. The molecule has 0 aliphatic carbocycles. The van der Waals surface area contributed by atoms with Gasteiger partial charge in [0.05, 0.1) is 19.3 Å². The van der Waals surface area contributed by atoms with Crippen molar-refractivity contribution < 1.29 is 29.6 Å². The molecule has 19 heavy (non-hydrogen) atoms. The predicted molar refractivity (Wildman–Crippen MR) is 66.4 cm³/mol. The van der Waals surface area contributed by atoms with Gasteiger partial charge in [0, 0.05) is 6.54 Å². The zero-order valence-corrected chi connectivity index (χ0v) is 10.2. The predicted octanol–water partition coefficient (Wildman–Crippen LogP) is -0.322. The lowest BCUT2D eigenvalue weighted by Crippen LogP contribution is -2.24. The van der Waals surface area contributed by atoms with E-state index >= 15 is 0 Å². The number of benzene rings is 1. The standard InChI is InChI=1S/C10H15NO2.C2H2O4/c11-6-10(12)8-13-7-9-4-2-1-3-5-9;3-1(4)2(5)6/h1-5,10,12H,6-8,11H2;(H,3,4)(H,5,6). The first-order chi connectivity index (χ1) is 8.97. The van der Waals surface area contributed by atoms with Crippen LogP contribution in [0.15, 0.2) is 30.3 Å². The highest BCUT2D eigenvalue weighted by atomic mass is 16.5. The highest BCUT2D eigenvalue weighted by Gasteiger charge is 2.04. The van der Waals surface area contributed by atoms with Gasteiger partial charge < -0.3 is 25.8 Å². The van der Waals surface area contributed by atoms with E-state index in [0.29, 0.717) is 13.2 Å². The van der Waals surface area contributed by atoms with E-state index in [1.807, 2.05) is 30.3 Å². The number of nitrogens with two attached hydrogens (primary N) is 1. The van der Waals surface area contributed by atoms with Gasteiger partial charge >= 0.3 is 11.9 Å². The van der Waals surface area contributed by atoms with Crippen LogP contribution in [-0.4, -0.2) is 46.5 Å². The molecule has 1 atom stereocenters. The van der Waals surface area contributed by atoms with Gasteiger partial charge in [-0.2, -0.15) is 0 Å². The van der Waals surface area contributed by atoms with Gasteiger partial charge in [-0.05, 0) is 5.56 Å². The molecule has 0 aliphatic rings. The molecule has 7 nitrogen and oxygen atoms in total. The zero-order chi connectivity index (χ0) is 14.7. The number of aliphatic hydroxyl groups is 1. The molecule has 7 heteroatoms. The van der Waals surface area contributed by atoms with E-state index in [1.165, 1.54) is 0 Å². The molecule has 106 valence electrons. The van der Waals surface area contributed by atoms with Crippen LogP contribution in [0, 0.1) is 0 Å². The van der Waals surface area contributed by atoms with Crippen molar-refractivity contribution in [2.45, 2.75) is 12.7 Å². The van der Waals surface area contributed by atoms with Crippen LogP contribution in [0.1, 0.15) is 5.56 Å². The highest BCUT2D eigenvalue weighted by molar-refractivity contribution is 6.27. The lowest BCUT2D eigenvalue weighted by atomic mass is 10.2. The van der Waals surface area contributed by atoms with Crippen LogP contribution < -0.4 is 5.73 Å². The Bertz CT molecular complexity index is 369. The van der Waals surface area contributed by atoms with Crippen molar-refractivity contribution in [2.24, 2.45) is 5.73 Å². The fourth-order valence-electron chi connectivity index (χ4n) is 0.955. The maximum absolute atomic E-state index is 9.10. The first kappa shape index (κ1) is 17.0. The van der Waals surface area contributed by atoms with Crippen LogP contribution in [0.25, 0.3) is 0 Å². The van der Waals surface area contributed by atoms with Crippen molar-refractivity contribution in [2.75, 3.05) is 13.2 Å². The average Bonchev–Trinajstić information content (AvgIpc) is 2.40. The summed E-state index contributed by atoms with van der Waals surface area (Å²) in [6.45, 7) is 1.07. The maximum atomic E-state index is 9.10. The fourth-order valence-corrected chi connectivity index (χ4v) is 0.955. The van der Waals surface area contributed by atoms with Crippen molar-refractivity contribution in [3.05, 3.63) is 35.9 Å². The van der Waals surface area contributed by atoms with Crippen LogP contribution >= 0.6 is 0 Å². The van der Waals surface area contributed by atoms with Gasteiger partial charge in [-0.3, -0.25) is 0 Å². The third-order valence-electron chi connectivity index (χ3n) is 1.88. The average molecular weight is 271 g/mol. The molecule has 0 heterocycles. The second-order valence-electron chi connectivity index (χ2n) is 3.50. The number of carbonyl (C=O) groups is 2. The number of hydrogen-bond donors (Lipinski definition) is 4. The number of ether oxygens (including phenoxy) is 1. The van der Waals surface area contributed by atoms with E-state index in [9.17, 15) is 0 Å². The summed E-state index contributed by atoms with van der Waals surface area (Å²) in [5, 5.41) is 23.9. The van der Waals surface area contributed by atoms with E-state index in [0.717, 1.165) is 5.56 Å². The van der Waals surface area contributed by atoms with E-state index in [2.05, 4.69) is 0 Å². The van der Waals surface area contributed by atoms with Gasteiger partial charge in [-0.25, -0.2) is 9.59 Å². The first-order valence-electron chi connectivity index (χ1n) is 5.43. The number of hydrogen-bond acceptors (Lipinski definition) is 5. The topological polar surface area (TPSA) is 130 Å². The molecule has 1 aromatic carbocycles. The molecule has 0 saturated heterocycles. The number of rotatable bonds is 5. The summed E-state index contributed by atoms with van der Waals surface area (Å²) >= 11 is 0. The second-order valence-corrected chi connectivity index (χ2v) is 3.50. The molecule has 0 radical (unpaired) electrons. The molecule has 1 unspecified atom stereocenters. The molecule has 0 aliphatic heterocycles. The second kappa shape index (κ2) is 10.0. The minimum Gasteiger partial charge on any atom is -0.473 e. The number of aliphatic carboxylic acids is 2. The first-order valence-corrected chi connectivity index (χ1v) is 5.43. The van der Waals surface area contributed by atoms with Gasteiger partial charge in [0.1, 0.15) is 0 Å². The maximum Gasteiger partial charge on any atom is 0.414 e. The zero-order valence-electron chi connectivity index (χ0n) is 10.2. The summed E-state index contributed by atoms with van der Waals surface area (Å²) in [4.78, 5) is 18.2. The smallest absolute Gasteiger partial charge is 0.414 e. The molecular weight excluding hydrogens is 254 g/mol. The van der Waals surface area contributed by atoms with E-state index in [-0.39, 0.29) is 6.54 Å². The Morgan fingerprint density at radius 1 is 1.16 bits per heavy atom. The van der Waals surface area contributed by atoms with Gasteiger partial charge in [0.25, 0.3) is 0 Å². The Balaban J connectivity index is 0.000000459. The normalized spacial score (nSPS) is 11.1. The molecule has 0 saturated carbocycles. The van der Waals surface area contributed by atoms with Crippen molar-refractivity contribution in [1.29, 1.82) is 0 Å². The largest absolute Gasteiger partial charge is 0.473 e. The van der Waals surface area contributed by atoms with Gasteiger partial charge in [-0.1, -0.05) is 30.3 Å². The Labute approximate surface area is 110 Å². The summed E-state index contributed by atoms with van der Waals surface area (Å²) < 4.78 is 5.24. The highest BCUT2D eigenvalue weighted by Crippen LogP contribution is 2.00. The quantitative estimate of drug-likeness (QED) is 0.540. The molecule has 0 amide bonds. The Kier molecular flexibility index (Phi) is 8.98. The molecule has 5 N–H and O–H groups in total. The molecule has 1 aromatic rings. The number of carboxylic acids is 2. The summed E-state index contributed by atoms with van der Waals surface area (Å²) in [5.41, 5.74) is 6.32. The summed E-state index contributed by atoms with van der Waals surface area (Å²) in [6.07, 6.45) is -0.552. The molecular formula is C12H17NO6. The Morgan fingerprint density at radius 2 is 1.68 bits per heavy atom. The lowest BCUT2D eigenvalue weighted by Gasteiger charge is -2.08. The minimum atomic E-state index is -1.82. The molecule has 0 spiro atoms. The Morgan fingerprint density at radius 3 is 2.11 bits per heavy atom. The lowest BCUT2D eigenvalue weighted by molar-refractivity contribution is -0.159. The van der Waals surface area contributed by atoms with E-state index in [4.69, 9.17) is 35.4 Å². The molecule has 0 bridgehead atoms. The van der Waals surface area contributed by atoms with Crippen molar-refractivity contribution in [3.63, 3.8) is 0 Å². The van der Waals surface area contributed by atoms with Gasteiger partial charge in [0.2, 0.25) is 0 Å². The third kappa shape index (κ3) is 9.72. The summed E-state index contributed by atoms with van der Waals surface area (Å²) in [7, 11) is 0. The molecule has 0 fully saturated rings. The SMILES string of the molecule is NCC(O)COCc1ccccc1.O=C(O)C(=O)O. The molecule has 1 rings (SSSR count). The number of carboxylic acid groups (broad SMARTS) is 2. The van der Waals surface area contributed by atoms with Crippen LogP contribution in [0.5, 0.6) is 0 Å². The molecule has 0 aromatic heterocycles. The van der Waals surface area contributed by atoms with Crippen molar-refractivity contribution in [3.8, 4) is 0 Å². The van der Waals surface area contributed by atoms with Crippen LogP contribution in [-0.2, 0) is 20.9 Å². The van der Waals surface area contributed by atoms with Gasteiger partial charge in [-0.15, -0.1) is 0 Å². The van der Waals surface area contributed by atoms with Crippen molar-refractivity contribution in [1.82, 2.24) is 0 Å². The summed E-state index contributed by atoms with van der Waals surface area (Å²) in [6, 6.07) is 9.83. The summed E-state index contributed by atoms with van der Waals surface area (Å²) in [5.74, 6) is -3.65. The van der Waals surface area contributed by atoms with Crippen LogP contribution in [0.4, 0.5) is 0 Å².